The highest BCUT2D eigenvalue weighted by atomic mass is 35.5. The number of benzene rings is 3. The van der Waals surface area contributed by atoms with E-state index in [1.165, 1.54) is 6.07 Å². The normalized spacial score (nSPS) is 11.3. The molecular weight excluding hydrogens is 460 g/mol. The van der Waals surface area contributed by atoms with Crippen molar-refractivity contribution in [2.45, 2.75) is 46.0 Å². The average Bonchev–Trinajstić information content (AvgIpc) is 3.28. The summed E-state index contributed by atoms with van der Waals surface area (Å²) in [7, 11) is 0. The number of nitrogens with zero attached hydrogens (tertiary/aromatic N) is 1. The maximum absolute atomic E-state index is 13.0. The quantitative estimate of drug-likeness (QED) is 0.221. The van der Waals surface area contributed by atoms with Gasteiger partial charge in [0.25, 0.3) is 0 Å². The Hall–Kier alpha value is -3.44. The van der Waals surface area contributed by atoms with Crippen LogP contribution in [0.3, 0.4) is 0 Å². The molecule has 0 atom stereocenters. The Balaban J connectivity index is 1.78. The summed E-state index contributed by atoms with van der Waals surface area (Å²) in [6, 6.07) is 18.0. The van der Waals surface area contributed by atoms with Crippen LogP contribution in [0.2, 0.25) is 5.02 Å². The highest BCUT2D eigenvalue weighted by Crippen LogP contribution is 2.39. The van der Waals surface area contributed by atoms with Gasteiger partial charge >= 0.3 is 5.97 Å². The number of ketones is 1. The van der Waals surface area contributed by atoms with Crippen molar-refractivity contribution in [1.82, 2.24) is 9.97 Å². The topological polar surface area (TPSA) is 83.0 Å². The highest BCUT2D eigenvalue weighted by molar-refractivity contribution is 6.34. The van der Waals surface area contributed by atoms with E-state index in [-0.39, 0.29) is 11.3 Å². The Morgan fingerprint density at radius 1 is 0.971 bits per heavy atom. The number of aromatic nitrogens is 2. The third-order valence-electron chi connectivity index (χ3n) is 6.37. The number of para-hydroxylation sites is 2. The first kappa shape index (κ1) is 24.7. The molecule has 0 amide bonds. The molecule has 0 saturated carbocycles. The number of imidazole rings is 1. The van der Waals surface area contributed by atoms with Crippen molar-refractivity contribution in [1.29, 1.82) is 0 Å². The number of hydrogen-bond acceptors (Lipinski definition) is 3. The first-order valence-electron chi connectivity index (χ1n) is 12.1. The van der Waals surface area contributed by atoms with Crippen LogP contribution in [0, 0.1) is 5.92 Å². The molecule has 0 aliphatic heterocycles. The van der Waals surface area contributed by atoms with Crippen LogP contribution in [-0.4, -0.2) is 26.8 Å². The maximum atomic E-state index is 13.0. The number of fused-ring (bicyclic) bond motifs is 1. The number of carboxylic acid groups (broad SMARTS) is 1. The molecule has 0 saturated heterocycles. The van der Waals surface area contributed by atoms with Crippen molar-refractivity contribution in [3.8, 4) is 22.5 Å². The molecule has 1 heterocycles. The molecule has 1 aromatic heterocycles. The van der Waals surface area contributed by atoms with Gasteiger partial charge in [0.15, 0.2) is 5.78 Å². The second kappa shape index (κ2) is 10.9. The fraction of sp³-hybridized carbons (Fsp3) is 0.276. The monoisotopic (exact) mass is 488 g/mol. The summed E-state index contributed by atoms with van der Waals surface area (Å²) in [5.41, 5.74) is 3.86. The number of Topliss-reactive ketones (excluding diaryl/α,β-unsaturated/α-hetero) is 1. The largest absolute Gasteiger partial charge is 0.478 e. The van der Waals surface area contributed by atoms with E-state index in [9.17, 15) is 14.7 Å². The van der Waals surface area contributed by atoms with Crippen LogP contribution in [0.25, 0.3) is 33.5 Å². The van der Waals surface area contributed by atoms with Crippen LogP contribution in [0.15, 0.2) is 60.7 Å². The lowest BCUT2D eigenvalue weighted by molar-refractivity contribution is 0.0697. The predicted octanol–water partition coefficient (Wildman–Crippen LogP) is 8.04. The third-order valence-corrected chi connectivity index (χ3v) is 6.68. The van der Waals surface area contributed by atoms with Gasteiger partial charge in [-0.1, -0.05) is 87.5 Å². The van der Waals surface area contributed by atoms with E-state index in [1.807, 2.05) is 36.4 Å². The van der Waals surface area contributed by atoms with Crippen molar-refractivity contribution in [3.63, 3.8) is 0 Å². The molecule has 4 aromatic rings. The molecule has 0 spiro atoms. The van der Waals surface area contributed by atoms with Crippen molar-refractivity contribution in [3.05, 3.63) is 76.8 Å². The number of halogens is 1. The molecule has 0 aliphatic rings. The summed E-state index contributed by atoms with van der Waals surface area (Å²) in [6.07, 6.45) is 4.45. The van der Waals surface area contributed by atoms with E-state index in [0.29, 0.717) is 45.4 Å². The first-order chi connectivity index (χ1) is 16.9. The lowest BCUT2D eigenvalue weighted by atomic mass is 9.88. The van der Waals surface area contributed by atoms with Gasteiger partial charge in [-0.2, -0.15) is 0 Å². The predicted molar refractivity (Wildman–Crippen MR) is 141 cm³/mol. The minimum atomic E-state index is -1.11. The Kier molecular flexibility index (Phi) is 7.67. The zero-order valence-electron chi connectivity index (χ0n) is 20.0. The van der Waals surface area contributed by atoms with Crippen LogP contribution in [0.4, 0.5) is 0 Å². The molecule has 5 nitrogen and oxygen atoms in total. The van der Waals surface area contributed by atoms with Crippen LogP contribution >= 0.6 is 11.6 Å². The Morgan fingerprint density at radius 2 is 1.71 bits per heavy atom. The van der Waals surface area contributed by atoms with E-state index in [1.54, 1.807) is 18.2 Å². The number of hydrogen-bond donors (Lipinski definition) is 2. The summed E-state index contributed by atoms with van der Waals surface area (Å²) < 4.78 is 0. The van der Waals surface area contributed by atoms with Gasteiger partial charge < -0.3 is 10.1 Å². The van der Waals surface area contributed by atoms with Crippen molar-refractivity contribution in [2.24, 2.45) is 5.92 Å². The number of rotatable bonds is 10. The number of aromatic carboxylic acids is 1. The fourth-order valence-electron chi connectivity index (χ4n) is 4.73. The number of H-pyrrole nitrogens is 1. The van der Waals surface area contributed by atoms with Crippen molar-refractivity contribution < 1.29 is 14.7 Å². The number of carboxylic acids is 1. The zero-order chi connectivity index (χ0) is 24.9. The molecule has 0 fully saturated rings. The van der Waals surface area contributed by atoms with E-state index in [4.69, 9.17) is 11.6 Å². The van der Waals surface area contributed by atoms with Gasteiger partial charge in [0.2, 0.25) is 0 Å². The lowest BCUT2D eigenvalue weighted by Crippen LogP contribution is -2.11. The van der Waals surface area contributed by atoms with Crippen LogP contribution < -0.4 is 0 Å². The zero-order valence-corrected chi connectivity index (χ0v) is 20.7. The van der Waals surface area contributed by atoms with Gasteiger partial charge in [-0.05, 0) is 35.7 Å². The van der Waals surface area contributed by atoms with E-state index in [0.717, 1.165) is 36.7 Å². The van der Waals surface area contributed by atoms with Gasteiger partial charge in [0.05, 0.1) is 16.6 Å². The summed E-state index contributed by atoms with van der Waals surface area (Å²) in [5, 5.41) is 10.5. The summed E-state index contributed by atoms with van der Waals surface area (Å²) >= 11 is 6.63. The van der Waals surface area contributed by atoms with Crippen LogP contribution in [-0.2, 0) is 0 Å². The molecule has 2 N–H and O–H groups in total. The van der Waals surface area contributed by atoms with Gasteiger partial charge in [0, 0.05) is 28.1 Å². The molecule has 180 valence electrons. The highest BCUT2D eigenvalue weighted by Gasteiger charge is 2.22. The third kappa shape index (κ3) is 5.30. The minimum Gasteiger partial charge on any atom is -0.478 e. The number of aromatic amines is 1. The summed E-state index contributed by atoms with van der Waals surface area (Å²) in [6.45, 7) is 4.24. The molecule has 6 heteroatoms. The fourth-order valence-corrected chi connectivity index (χ4v) is 5.01. The average molecular weight is 489 g/mol. The van der Waals surface area contributed by atoms with E-state index in [2.05, 4.69) is 23.8 Å². The SMILES string of the molecule is CCCC(CCC)CC(=O)c1ccc(-c2c(Cl)cccc2-c2nc3ccccc3[nH]2)c(C(=O)O)c1. The molecule has 0 aliphatic carbocycles. The number of nitrogens with one attached hydrogen (secondary N) is 1. The smallest absolute Gasteiger partial charge is 0.336 e. The van der Waals surface area contributed by atoms with Crippen LogP contribution in [0.5, 0.6) is 0 Å². The summed E-state index contributed by atoms with van der Waals surface area (Å²) in [4.78, 5) is 33.4. The van der Waals surface area contributed by atoms with Crippen molar-refractivity contribution in [2.75, 3.05) is 0 Å². The molecule has 0 radical (unpaired) electrons. The molecular formula is C29H29ClN2O3. The first-order valence-corrected chi connectivity index (χ1v) is 12.4. The van der Waals surface area contributed by atoms with Gasteiger partial charge in [0.1, 0.15) is 5.82 Å². The number of carbonyl (C=O) groups excluding carboxylic acids is 1. The molecule has 3 aromatic carbocycles. The maximum Gasteiger partial charge on any atom is 0.336 e. The standard InChI is InChI=1S/C29H29ClN2O3/c1-3-8-18(9-4-2)16-26(33)19-14-15-20(22(17-19)29(34)35)27-21(10-7-11-23(27)30)28-31-24-12-5-6-13-25(24)32-28/h5-7,10-15,17-18H,3-4,8-9,16H2,1-2H3,(H,31,32)(H,34,35). The minimum absolute atomic E-state index is 0.0254. The second-order valence-electron chi connectivity index (χ2n) is 8.90. The Morgan fingerprint density at radius 3 is 2.40 bits per heavy atom. The lowest BCUT2D eigenvalue weighted by Gasteiger charge is -2.16. The van der Waals surface area contributed by atoms with E-state index >= 15 is 0 Å². The molecule has 0 bridgehead atoms. The van der Waals surface area contributed by atoms with Crippen molar-refractivity contribution >= 4 is 34.4 Å². The van der Waals surface area contributed by atoms with E-state index < -0.39 is 5.97 Å². The van der Waals surface area contributed by atoms with Gasteiger partial charge in [-0.25, -0.2) is 9.78 Å². The molecule has 35 heavy (non-hydrogen) atoms. The molecule has 4 rings (SSSR count). The Labute approximate surface area is 210 Å². The second-order valence-corrected chi connectivity index (χ2v) is 9.31. The number of carbonyl (C=O) groups is 2. The molecule has 0 unspecified atom stereocenters. The Bertz CT molecular complexity index is 1340. The van der Waals surface area contributed by atoms with Gasteiger partial charge in [-0.3, -0.25) is 4.79 Å². The van der Waals surface area contributed by atoms with Gasteiger partial charge in [-0.15, -0.1) is 0 Å². The van der Waals surface area contributed by atoms with Crippen LogP contribution in [0.1, 0.15) is 66.7 Å². The summed E-state index contributed by atoms with van der Waals surface area (Å²) in [5.74, 6) is -0.220.